The van der Waals surface area contributed by atoms with Crippen LogP contribution in [0, 0.1) is 0 Å². The molecule has 7 heteroatoms. The van der Waals surface area contributed by atoms with E-state index in [0.717, 1.165) is 12.0 Å². The number of nitrogens with zero attached hydrogens (tertiary/aromatic N) is 2. The van der Waals surface area contributed by atoms with Crippen LogP contribution in [0.2, 0.25) is 5.02 Å². The molecule has 6 nitrogen and oxygen atoms in total. The summed E-state index contributed by atoms with van der Waals surface area (Å²) < 4.78 is 5.53. The van der Waals surface area contributed by atoms with Gasteiger partial charge in [0.25, 0.3) is 5.91 Å². The zero-order valence-corrected chi connectivity index (χ0v) is 16.2. The second kappa shape index (κ2) is 9.71. The Kier molecular flexibility index (Phi) is 6.81. The number of carbonyl (C=O) groups excluding carboxylic acids is 1. The first kappa shape index (κ1) is 19.6. The van der Waals surface area contributed by atoms with Gasteiger partial charge in [-0.1, -0.05) is 35.9 Å². The van der Waals surface area contributed by atoms with E-state index in [9.17, 15) is 4.79 Å². The highest BCUT2D eigenvalue weighted by Gasteiger charge is 2.12. The van der Waals surface area contributed by atoms with Gasteiger partial charge in [-0.25, -0.2) is 9.97 Å². The lowest BCUT2D eigenvalue weighted by molar-refractivity contribution is 0.102. The SMILES string of the molecule is CCOc1ccccc1NC(=O)c1cc(NCCc2ccc(Cl)cc2)ncn1. The number of benzene rings is 2. The fraction of sp³-hybridized carbons (Fsp3) is 0.190. The first-order chi connectivity index (χ1) is 13.7. The molecule has 0 bridgehead atoms. The van der Waals surface area contributed by atoms with Crippen LogP contribution >= 0.6 is 11.6 Å². The first-order valence-electron chi connectivity index (χ1n) is 8.99. The second-order valence-corrected chi connectivity index (χ2v) is 6.41. The lowest BCUT2D eigenvalue weighted by Crippen LogP contribution is -2.16. The zero-order valence-electron chi connectivity index (χ0n) is 15.5. The van der Waals surface area contributed by atoms with E-state index >= 15 is 0 Å². The molecule has 2 aromatic carbocycles. The molecule has 0 saturated heterocycles. The van der Waals surface area contributed by atoms with Crippen LogP contribution in [0.25, 0.3) is 0 Å². The Morgan fingerprint density at radius 1 is 1.11 bits per heavy atom. The van der Waals surface area contributed by atoms with Crippen molar-refractivity contribution in [3.63, 3.8) is 0 Å². The quantitative estimate of drug-likeness (QED) is 0.588. The monoisotopic (exact) mass is 396 g/mol. The predicted octanol–water partition coefficient (Wildman–Crippen LogP) is 4.44. The van der Waals surface area contributed by atoms with E-state index < -0.39 is 0 Å². The molecule has 0 aliphatic carbocycles. The van der Waals surface area contributed by atoms with E-state index in [4.69, 9.17) is 16.3 Å². The summed E-state index contributed by atoms with van der Waals surface area (Å²) in [6, 6.07) is 16.6. The number of ether oxygens (including phenoxy) is 1. The van der Waals surface area contributed by atoms with Crippen molar-refractivity contribution in [3.05, 3.63) is 77.2 Å². The van der Waals surface area contributed by atoms with Gasteiger partial charge in [0.2, 0.25) is 0 Å². The molecule has 28 heavy (non-hydrogen) atoms. The minimum atomic E-state index is -0.324. The van der Waals surface area contributed by atoms with Crippen LogP contribution in [0.4, 0.5) is 11.5 Å². The van der Waals surface area contributed by atoms with Crippen molar-refractivity contribution in [1.82, 2.24) is 9.97 Å². The molecule has 0 aliphatic rings. The predicted molar refractivity (Wildman–Crippen MR) is 111 cm³/mol. The summed E-state index contributed by atoms with van der Waals surface area (Å²) in [5.74, 6) is 0.885. The number of hydrogen-bond donors (Lipinski definition) is 2. The molecule has 3 rings (SSSR count). The Hall–Kier alpha value is -3.12. The van der Waals surface area contributed by atoms with Crippen molar-refractivity contribution in [1.29, 1.82) is 0 Å². The highest BCUT2D eigenvalue weighted by molar-refractivity contribution is 6.30. The van der Waals surface area contributed by atoms with Gasteiger partial charge in [-0.05, 0) is 43.2 Å². The number of halogens is 1. The van der Waals surface area contributed by atoms with Gasteiger partial charge in [-0.2, -0.15) is 0 Å². The number of hydrogen-bond acceptors (Lipinski definition) is 5. The Labute approximate surface area is 168 Å². The standard InChI is InChI=1S/C21H21ClN4O2/c1-2-28-19-6-4-3-5-17(19)26-21(27)18-13-20(25-14-24-18)23-12-11-15-7-9-16(22)10-8-15/h3-10,13-14H,2,11-12H2,1H3,(H,26,27)(H,23,24,25). The van der Waals surface area contributed by atoms with Gasteiger partial charge in [0.1, 0.15) is 23.6 Å². The van der Waals surface area contributed by atoms with E-state index in [1.165, 1.54) is 6.33 Å². The third-order valence-electron chi connectivity index (χ3n) is 3.97. The normalized spacial score (nSPS) is 10.4. The molecule has 0 saturated carbocycles. The maximum Gasteiger partial charge on any atom is 0.274 e. The van der Waals surface area contributed by atoms with Crippen molar-refractivity contribution in [2.24, 2.45) is 0 Å². The summed E-state index contributed by atoms with van der Waals surface area (Å²) in [7, 11) is 0. The summed E-state index contributed by atoms with van der Waals surface area (Å²) in [5, 5.41) is 6.76. The Morgan fingerprint density at radius 3 is 2.68 bits per heavy atom. The molecule has 144 valence electrons. The van der Waals surface area contributed by atoms with Gasteiger partial charge in [0.15, 0.2) is 0 Å². The minimum absolute atomic E-state index is 0.273. The van der Waals surface area contributed by atoms with E-state index in [2.05, 4.69) is 20.6 Å². The number of nitrogens with one attached hydrogen (secondary N) is 2. The molecule has 1 aromatic heterocycles. The third kappa shape index (κ3) is 5.44. The average molecular weight is 397 g/mol. The largest absolute Gasteiger partial charge is 0.492 e. The number of anilines is 2. The maximum atomic E-state index is 12.6. The van der Waals surface area contributed by atoms with Crippen LogP contribution < -0.4 is 15.4 Å². The molecule has 0 aliphatic heterocycles. The van der Waals surface area contributed by atoms with Crippen molar-refractivity contribution < 1.29 is 9.53 Å². The third-order valence-corrected chi connectivity index (χ3v) is 4.22. The van der Waals surface area contributed by atoms with Gasteiger partial charge in [0.05, 0.1) is 12.3 Å². The number of amides is 1. The van der Waals surface area contributed by atoms with E-state index in [1.807, 2.05) is 49.4 Å². The molecule has 0 fully saturated rings. The molecular weight excluding hydrogens is 376 g/mol. The van der Waals surface area contributed by atoms with Gasteiger partial charge in [0, 0.05) is 17.6 Å². The summed E-state index contributed by atoms with van der Waals surface area (Å²) in [5.41, 5.74) is 2.04. The van der Waals surface area contributed by atoms with E-state index in [-0.39, 0.29) is 11.6 Å². The van der Waals surface area contributed by atoms with E-state index in [1.54, 1.807) is 12.1 Å². The lowest BCUT2D eigenvalue weighted by Gasteiger charge is -2.11. The fourth-order valence-corrected chi connectivity index (χ4v) is 2.73. The number of aromatic nitrogens is 2. The number of carbonyl (C=O) groups is 1. The summed E-state index contributed by atoms with van der Waals surface area (Å²) in [6.45, 7) is 3.08. The van der Waals surface area contributed by atoms with Crippen molar-refractivity contribution in [2.45, 2.75) is 13.3 Å². The topological polar surface area (TPSA) is 76.1 Å². The highest BCUT2D eigenvalue weighted by atomic mass is 35.5. The van der Waals surface area contributed by atoms with Gasteiger partial charge in [-0.3, -0.25) is 4.79 Å². The molecule has 0 spiro atoms. The molecule has 0 atom stereocenters. The minimum Gasteiger partial charge on any atom is -0.492 e. The molecule has 0 radical (unpaired) electrons. The van der Waals surface area contributed by atoms with Crippen LogP contribution in [0.1, 0.15) is 23.0 Å². The van der Waals surface area contributed by atoms with Gasteiger partial charge >= 0.3 is 0 Å². The Balaban J connectivity index is 1.61. The average Bonchev–Trinajstić information content (AvgIpc) is 2.71. The van der Waals surface area contributed by atoms with Crippen LogP contribution in [-0.2, 0) is 6.42 Å². The van der Waals surface area contributed by atoms with E-state index in [0.29, 0.717) is 35.4 Å². The summed E-state index contributed by atoms with van der Waals surface area (Å²) in [4.78, 5) is 20.8. The summed E-state index contributed by atoms with van der Waals surface area (Å²) >= 11 is 5.90. The van der Waals surface area contributed by atoms with Crippen molar-refractivity contribution in [2.75, 3.05) is 23.8 Å². The maximum absolute atomic E-state index is 12.6. The Bertz CT molecular complexity index is 932. The highest BCUT2D eigenvalue weighted by Crippen LogP contribution is 2.24. The molecular formula is C21H21ClN4O2. The number of para-hydroxylation sites is 2. The first-order valence-corrected chi connectivity index (χ1v) is 9.37. The van der Waals surface area contributed by atoms with Gasteiger partial charge in [-0.15, -0.1) is 0 Å². The fourth-order valence-electron chi connectivity index (χ4n) is 2.60. The van der Waals surface area contributed by atoms with Crippen LogP contribution in [-0.4, -0.2) is 29.0 Å². The van der Waals surface area contributed by atoms with Crippen LogP contribution in [0.3, 0.4) is 0 Å². The summed E-state index contributed by atoms with van der Waals surface area (Å²) in [6.07, 6.45) is 2.18. The second-order valence-electron chi connectivity index (χ2n) is 5.98. The molecule has 1 heterocycles. The van der Waals surface area contributed by atoms with Crippen LogP contribution in [0.5, 0.6) is 5.75 Å². The lowest BCUT2D eigenvalue weighted by atomic mass is 10.1. The van der Waals surface area contributed by atoms with Gasteiger partial charge < -0.3 is 15.4 Å². The molecule has 0 unspecified atom stereocenters. The Morgan fingerprint density at radius 2 is 1.89 bits per heavy atom. The van der Waals surface area contributed by atoms with Crippen LogP contribution in [0.15, 0.2) is 60.9 Å². The smallest absolute Gasteiger partial charge is 0.274 e. The zero-order chi connectivity index (χ0) is 19.8. The molecule has 1 amide bonds. The number of rotatable bonds is 8. The van der Waals surface area contributed by atoms with Crippen molar-refractivity contribution >= 4 is 29.0 Å². The van der Waals surface area contributed by atoms with Crippen molar-refractivity contribution in [3.8, 4) is 5.75 Å². The molecule has 3 aromatic rings. The molecule has 2 N–H and O–H groups in total.